The van der Waals surface area contributed by atoms with Crippen LogP contribution in [0.15, 0.2) is 84.9 Å². The number of benzene rings is 3. The van der Waals surface area contributed by atoms with E-state index in [0.29, 0.717) is 30.8 Å². The van der Waals surface area contributed by atoms with Gasteiger partial charge in [-0.15, -0.1) is 0 Å². The zero-order valence-corrected chi connectivity index (χ0v) is 23.9. The molecular formula is C32H38N4O6. The highest BCUT2D eigenvalue weighted by Crippen LogP contribution is 2.15. The topological polar surface area (TPSA) is 149 Å². The first kappa shape index (κ1) is 31.8. The van der Waals surface area contributed by atoms with Crippen LogP contribution < -0.4 is 26.6 Å². The van der Waals surface area contributed by atoms with Crippen LogP contribution in [-0.2, 0) is 43.5 Å². The van der Waals surface area contributed by atoms with Crippen LogP contribution in [0.3, 0.4) is 0 Å². The van der Waals surface area contributed by atoms with Gasteiger partial charge in [-0.2, -0.15) is 5.48 Å². The van der Waals surface area contributed by atoms with E-state index in [-0.39, 0.29) is 12.3 Å². The van der Waals surface area contributed by atoms with Crippen molar-refractivity contribution in [2.24, 2.45) is 11.7 Å². The molecule has 42 heavy (non-hydrogen) atoms. The average Bonchev–Trinajstić information content (AvgIpc) is 2.99. The molecule has 0 fully saturated rings. The highest BCUT2D eigenvalue weighted by molar-refractivity contribution is 5.91. The van der Waals surface area contributed by atoms with Crippen molar-refractivity contribution in [1.82, 2.24) is 16.1 Å². The quantitative estimate of drug-likeness (QED) is 0.216. The maximum Gasteiger partial charge on any atom is 0.351 e. The molecule has 0 spiro atoms. The Morgan fingerprint density at radius 1 is 0.786 bits per heavy atom. The maximum absolute atomic E-state index is 12.8. The van der Waals surface area contributed by atoms with Gasteiger partial charge < -0.3 is 25.9 Å². The first-order valence-corrected chi connectivity index (χ1v) is 13.8. The van der Waals surface area contributed by atoms with Crippen molar-refractivity contribution in [1.29, 1.82) is 0 Å². The van der Waals surface area contributed by atoms with Gasteiger partial charge in [0.2, 0.25) is 11.8 Å². The molecule has 0 bridgehead atoms. The molecule has 3 aromatic carbocycles. The summed E-state index contributed by atoms with van der Waals surface area (Å²) in [5, 5.41) is 5.13. The molecule has 3 aromatic rings. The average molecular weight is 575 g/mol. The minimum Gasteiger partial charge on any atom is -0.489 e. The number of carbonyl (C=O) groups excluding carboxylic acids is 4. The molecular weight excluding hydrogens is 536 g/mol. The van der Waals surface area contributed by atoms with Gasteiger partial charge in [-0.25, -0.2) is 4.79 Å². The molecule has 2 atom stereocenters. The van der Waals surface area contributed by atoms with E-state index in [4.69, 9.17) is 15.3 Å². The Balaban J connectivity index is 1.39. The van der Waals surface area contributed by atoms with Gasteiger partial charge in [0.15, 0.2) is 0 Å². The molecule has 0 aliphatic carbocycles. The van der Waals surface area contributed by atoms with Crippen LogP contribution in [0, 0.1) is 5.92 Å². The first-order chi connectivity index (χ1) is 20.2. The summed E-state index contributed by atoms with van der Waals surface area (Å²) in [6.07, 6.45) is 0.642. The van der Waals surface area contributed by atoms with E-state index in [9.17, 15) is 19.2 Å². The number of nitrogens with one attached hydrogen (secondary N) is 3. The summed E-state index contributed by atoms with van der Waals surface area (Å²) in [6.45, 7) is 3.75. The van der Waals surface area contributed by atoms with Crippen LogP contribution in [0.25, 0.3) is 0 Å². The van der Waals surface area contributed by atoms with Crippen LogP contribution in [0.1, 0.15) is 37.0 Å². The van der Waals surface area contributed by atoms with Crippen molar-refractivity contribution in [2.75, 3.05) is 6.54 Å². The summed E-state index contributed by atoms with van der Waals surface area (Å²) in [6, 6.07) is 24.4. The van der Waals surface area contributed by atoms with E-state index in [0.717, 1.165) is 11.1 Å². The van der Waals surface area contributed by atoms with Gasteiger partial charge in [0.05, 0.1) is 12.5 Å². The SMILES string of the molecule is CC(C)C[C@H](NC(=O)[C@@H](N)Cc1ccccc1)C(=O)NCC(=O)ONC(=O)Cc1ccc(OCc2ccccc2)cc1. The Morgan fingerprint density at radius 2 is 1.40 bits per heavy atom. The summed E-state index contributed by atoms with van der Waals surface area (Å²) >= 11 is 0. The van der Waals surface area contributed by atoms with Crippen molar-refractivity contribution in [2.45, 2.75) is 51.8 Å². The zero-order valence-electron chi connectivity index (χ0n) is 23.9. The highest BCUT2D eigenvalue weighted by atomic mass is 16.7. The molecule has 222 valence electrons. The van der Waals surface area contributed by atoms with Crippen molar-refractivity contribution < 1.29 is 28.8 Å². The first-order valence-electron chi connectivity index (χ1n) is 13.8. The highest BCUT2D eigenvalue weighted by Gasteiger charge is 2.25. The number of ether oxygens (including phenoxy) is 1. The summed E-state index contributed by atoms with van der Waals surface area (Å²) in [4.78, 5) is 54.6. The predicted molar refractivity (Wildman–Crippen MR) is 158 cm³/mol. The van der Waals surface area contributed by atoms with Crippen molar-refractivity contribution in [3.8, 4) is 5.75 Å². The van der Waals surface area contributed by atoms with E-state index in [1.54, 1.807) is 24.3 Å². The van der Waals surface area contributed by atoms with Crippen LogP contribution in [0.4, 0.5) is 0 Å². The maximum atomic E-state index is 12.8. The number of amides is 3. The van der Waals surface area contributed by atoms with E-state index in [1.165, 1.54) is 0 Å². The smallest absolute Gasteiger partial charge is 0.351 e. The second kappa shape index (κ2) is 16.5. The Labute approximate surface area is 245 Å². The third-order valence-corrected chi connectivity index (χ3v) is 6.20. The molecule has 0 aliphatic heterocycles. The summed E-state index contributed by atoms with van der Waals surface area (Å²) in [5.74, 6) is -1.67. The lowest BCUT2D eigenvalue weighted by Gasteiger charge is -2.22. The van der Waals surface area contributed by atoms with Crippen LogP contribution in [-0.4, -0.2) is 42.3 Å². The Morgan fingerprint density at radius 3 is 2.02 bits per heavy atom. The van der Waals surface area contributed by atoms with Gasteiger partial charge in [-0.1, -0.05) is 86.6 Å². The lowest BCUT2D eigenvalue weighted by atomic mass is 10.0. The molecule has 0 saturated heterocycles. The lowest BCUT2D eigenvalue weighted by molar-refractivity contribution is -0.157. The van der Waals surface area contributed by atoms with Crippen molar-refractivity contribution in [3.05, 3.63) is 102 Å². The molecule has 10 heteroatoms. The third-order valence-electron chi connectivity index (χ3n) is 6.20. The summed E-state index contributed by atoms with van der Waals surface area (Å²) < 4.78 is 5.74. The summed E-state index contributed by atoms with van der Waals surface area (Å²) in [7, 11) is 0. The Bertz CT molecular complexity index is 1300. The molecule has 0 aromatic heterocycles. The predicted octanol–water partition coefficient (Wildman–Crippen LogP) is 2.60. The monoisotopic (exact) mass is 574 g/mol. The van der Waals surface area contributed by atoms with Crippen molar-refractivity contribution in [3.63, 3.8) is 0 Å². The van der Waals surface area contributed by atoms with E-state index < -0.39 is 42.3 Å². The molecule has 0 heterocycles. The van der Waals surface area contributed by atoms with Crippen LogP contribution in [0.2, 0.25) is 0 Å². The standard InChI is InChI=1S/C32H38N4O6/c1-22(2)17-28(35-31(39)27(33)18-23-9-5-3-6-10-23)32(40)34-20-30(38)42-36-29(37)19-24-13-15-26(16-14-24)41-21-25-11-7-4-8-12-25/h3-16,22,27-28H,17-21,33H2,1-2H3,(H,34,40)(H,35,39)(H,36,37)/t27-,28-/m0/s1. The van der Waals surface area contributed by atoms with E-state index in [2.05, 4.69) is 16.1 Å². The molecule has 3 amide bonds. The molecule has 0 unspecified atom stereocenters. The number of hydroxylamine groups is 1. The van der Waals surface area contributed by atoms with Gasteiger partial charge in [0.25, 0.3) is 5.91 Å². The summed E-state index contributed by atoms with van der Waals surface area (Å²) in [5.41, 5.74) is 10.8. The van der Waals surface area contributed by atoms with E-state index >= 15 is 0 Å². The second-order valence-corrected chi connectivity index (χ2v) is 10.3. The van der Waals surface area contributed by atoms with Gasteiger partial charge in [-0.3, -0.25) is 14.4 Å². The normalized spacial score (nSPS) is 12.1. The molecule has 0 saturated carbocycles. The Kier molecular flexibility index (Phi) is 12.5. The molecule has 5 N–H and O–H groups in total. The number of rotatable bonds is 14. The number of hydrogen-bond acceptors (Lipinski definition) is 7. The fourth-order valence-electron chi connectivity index (χ4n) is 4.04. The van der Waals surface area contributed by atoms with Gasteiger partial charge >= 0.3 is 5.97 Å². The third kappa shape index (κ3) is 11.4. The molecule has 10 nitrogen and oxygen atoms in total. The van der Waals surface area contributed by atoms with Crippen molar-refractivity contribution >= 4 is 23.7 Å². The fraction of sp³-hybridized carbons (Fsp3) is 0.312. The van der Waals surface area contributed by atoms with Gasteiger partial charge in [0, 0.05) is 0 Å². The minimum atomic E-state index is -0.888. The number of nitrogens with two attached hydrogens (primary N) is 1. The Hall–Kier alpha value is -4.70. The number of carbonyl (C=O) groups is 4. The second-order valence-electron chi connectivity index (χ2n) is 10.3. The number of hydrogen-bond donors (Lipinski definition) is 4. The zero-order chi connectivity index (χ0) is 30.3. The van der Waals surface area contributed by atoms with Gasteiger partial charge in [0.1, 0.15) is 24.9 Å². The fourth-order valence-corrected chi connectivity index (χ4v) is 4.04. The van der Waals surface area contributed by atoms with Crippen LogP contribution in [0.5, 0.6) is 5.75 Å². The van der Waals surface area contributed by atoms with Crippen LogP contribution >= 0.6 is 0 Å². The van der Waals surface area contributed by atoms with Gasteiger partial charge in [-0.05, 0) is 47.6 Å². The largest absolute Gasteiger partial charge is 0.489 e. The van der Waals surface area contributed by atoms with E-state index in [1.807, 2.05) is 74.5 Å². The molecule has 0 radical (unpaired) electrons. The molecule has 3 rings (SSSR count). The lowest BCUT2D eigenvalue weighted by Crippen LogP contribution is -2.53. The minimum absolute atomic E-state index is 0.0235. The molecule has 0 aliphatic rings.